The maximum Gasteiger partial charge on any atom is 0.327 e. The van der Waals surface area contributed by atoms with Gasteiger partial charge in [-0.05, 0) is 27.2 Å². The molecule has 0 radical (unpaired) electrons. The number of hydrazone groups is 1. The molecular weight excluding hydrogens is 336 g/mol. The number of carbonyl (C=O) groups excluding carboxylic acids is 2. The Bertz CT molecular complexity index is 597. The van der Waals surface area contributed by atoms with Crippen molar-refractivity contribution < 1.29 is 14.3 Å². The standard InChI is InChI=1S/C17H30N6O3/c1-6-8-21-15(24)13-14(20(5)17(21)25)18-16-22(9-10-26-7-2)19-11(3)12(4)23(13)16/h12-14,16,18H,6-10H2,1-5H3. The van der Waals surface area contributed by atoms with Crippen molar-refractivity contribution in [1.29, 1.82) is 0 Å². The normalized spacial score (nSPS) is 32.0. The van der Waals surface area contributed by atoms with Crippen LogP contribution >= 0.6 is 0 Å². The second kappa shape index (κ2) is 7.50. The van der Waals surface area contributed by atoms with Crippen LogP contribution in [0.3, 0.4) is 0 Å². The van der Waals surface area contributed by atoms with E-state index in [0.29, 0.717) is 26.3 Å². The van der Waals surface area contributed by atoms with E-state index in [2.05, 4.69) is 17.1 Å². The predicted molar refractivity (Wildman–Crippen MR) is 97.3 cm³/mol. The number of nitrogens with zero attached hydrogens (tertiary/aromatic N) is 5. The second-order valence-electron chi connectivity index (χ2n) is 7.04. The summed E-state index contributed by atoms with van der Waals surface area (Å²) in [5, 5.41) is 10.1. The van der Waals surface area contributed by atoms with Crippen LogP contribution in [0, 0.1) is 0 Å². The van der Waals surface area contributed by atoms with E-state index in [1.165, 1.54) is 4.90 Å². The van der Waals surface area contributed by atoms with Gasteiger partial charge in [-0.15, -0.1) is 0 Å². The van der Waals surface area contributed by atoms with E-state index in [4.69, 9.17) is 9.84 Å². The molecule has 0 saturated carbocycles. The van der Waals surface area contributed by atoms with Gasteiger partial charge in [0.15, 0.2) is 6.29 Å². The lowest BCUT2D eigenvalue weighted by molar-refractivity contribution is -0.140. The first-order valence-electron chi connectivity index (χ1n) is 9.43. The molecule has 1 N–H and O–H groups in total. The molecule has 4 unspecified atom stereocenters. The SMILES string of the molecule is CCCN1C(=O)C2C(NC3N(CCOCC)N=C(C)C(C)N23)N(C)C1=O. The average molecular weight is 366 g/mol. The maximum absolute atomic E-state index is 13.1. The Balaban J connectivity index is 1.89. The summed E-state index contributed by atoms with van der Waals surface area (Å²) in [6.45, 7) is 10.3. The zero-order chi connectivity index (χ0) is 19.0. The monoisotopic (exact) mass is 366 g/mol. The van der Waals surface area contributed by atoms with Crippen LogP contribution in [-0.4, -0.2) is 95.2 Å². The molecule has 26 heavy (non-hydrogen) atoms. The van der Waals surface area contributed by atoms with E-state index >= 15 is 0 Å². The largest absolute Gasteiger partial charge is 0.380 e. The van der Waals surface area contributed by atoms with Gasteiger partial charge < -0.3 is 9.64 Å². The Kier molecular flexibility index (Phi) is 5.50. The Morgan fingerprint density at radius 2 is 1.96 bits per heavy atom. The fourth-order valence-corrected chi connectivity index (χ4v) is 3.95. The van der Waals surface area contributed by atoms with Crippen LogP contribution in [0.5, 0.6) is 0 Å². The number of fused-ring (bicyclic) bond motifs is 3. The summed E-state index contributed by atoms with van der Waals surface area (Å²) in [5.74, 6) is -0.124. The zero-order valence-electron chi connectivity index (χ0n) is 16.3. The topological polar surface area (TPSA) is 80.7 Å². The summed E-state index contributed by atoms with van der Waals surface area (Å²) < 4.78 is 5.48. The highest BCUT2D eigenvalue weighted by molar-refractivity contribution is 6.01. The van der Waals surface area contributed by atoms with Crippen molar-refractivity contribution in [3.63, 3.8) is 0 Å². The molecule has 0 spiro atoms. The molecule has 146 valence electrons. The molecule has 9 heteroatoms. The van der Waals surface area contributed by atoms with Gasteiger partial charge in [-0.2, -0.15) is 5.10 Å². The highest BCUT2D eigenvalue weighted by atomic mass is 16.5. The number of hydrogen-bond acceptors (Lipinski definition) is 7. The summed E-state index contributed by atoms with van der Waals surface area (Å²) >= 11 is 0. The van der Waals surface area contributed by atoms with E-state index in [1.54, 1.807) is 11.9 Å². The summed E-state index contributed by atoms with van der Waals surface area (Å²) in [6.07, 6.45) is 0.159. The molecule has 3 rings (SSSR count). The Labute approximate surface area is 154 Å². The first kappa shape index (κ1) is 19.1. The molecule has 2 saturated heterocycles. The molecule has 0 aliphatic carbocycles. The number of rotatable bonds is 6. The third-order valence-corrected chi connectivity index (χ3v) is 5.43. The number of ether oxygens (including phenoxy) is 1. The van der Waals surface area contributed by atoms with E-state index in [0.717, 1.165) is 12.1 Å². The van der Waals surface area contributed by atoms with Crippen LogP contribution in [0.15, 0.2) is 5.10 Å². The number of hydrogen-bond donors (Lipinski definition) is 1. The van der Waals surface area contributed by atoms with Gasteiger partial charge in [-0.1, -0.05) is 6.92 Å². The van der Waals surface area contributed by atoms with E-state index in [-0.39, 0.29) is 30.4 Å². The van der Waals surface area contributed by atoms with Crippen molar-refractivity contribution in [2.75, 3.05) is 33.4 Å². The van der Waals surface area contributed by atoms with Crippen LogP contribution in [-0.2, 0) is 9.53 Å². The molecule has 9 nitrogen and oxygen atoms in total. The van der Waals surface area contributed by atoms with Gasteiger partial charge in [0, 0.05) is 20.2 Å². The fourth-order valence-electron chi connectivity index (χ4n) is 3.95. The lowest BCUT2D eigenvalue weighted by atomic mass is 10.1. The lowest BCUT2D eigenvalue weighted by Crippen LogP contribution is -2.67. The minimum absolute atomic E-state index is 0.0138. The summed E-state index contributed by atoms with van der Waals surface area (Å²) in [4.78, 5) is 30.9. The number of nitrogens with one attached hydrogen (secondary N) is 1. The zero-order valence-corrected chi connectivity index (χ0v) is 16.3. The minimum atomic E-state index is -0.413. The first-order chi connectivity index (χ1) is 12.4. The molecule has 0 aromatic heterocycles. The van der Waals surface area contributed by atoms with Gasteiger partial charge in [0.05, 0.1) is 24.9 Å². The molecule has 0 bridgehead atoms. The minimum Gasteiger partial charge on any atom is -0.380 e. The molecule has 0 aromatic carbocycles. The van der Waals surface area contributed by atoms with Gasteiger partial charge in [0.1, 0.15) is 12.2 Å². The number of urea groups is 1. The van der Waals surface area contributed by atoms with Gasteiger partial charge in [0.2, 0.25) is 0 Å². The fraction of sp³-hybridized carbons (Fsp3) is 0.824. The summed E-state index contributed by atoms with van der Waals surface area (Å²) in [7, 11) is 1.75. The van der Waals surface area contributed by atoms with Crippen LogP contribution in [0.2, 0.25) is 0 Å². The molecule has 4 atom stereocenters. The van der Waals surface area contributed by atoms with Gasteiger partial charge in [-0.3, -0.25) is 20.0 Å². The highest BCUT2D eigenvalue weighted by Crippen LogP contribution is 2.32. The maximum atomic E-state index is 13.1. The highest BCUT2D eigenvalue weighted by Gasteiger charge is 2.57. The van der Waals surface area contributed by atoms with Crippen molar-refractivity contribution in [2.45, 2.75) is 58.7 Å². The molecule has 3 heterocycles. The average Bonchev–Trinajstić information content (AvgIpc) is 3.02. The second-order valence-corrected chi connectivity index (χ2v) is 7.04. The number of likely N-dealkylation sites (N-methyl/N-ethyl adjacent to an activating group) is 1. The van der Waals surface area contributed by atoms with Crippen molar-refractivity contribution in [3.8, 4) is 0 Å². The van der Waals surface area contributed by atoms with E-state index in [1.807, 2.05) is 25.8 Å². The Hall–Kier alpha value is -1.71. The van der Waals surface area contributed by atoms with Crippen molar-refractivity contribution in [3.05, 3.63) is 0 Å². The van der Waals surface area contributed by atoms with Crippen molar-refractivity contribution in [2.24, 2.45) is 5.10 Å². The lowest BCUT2D eigenvalue weighted by Gasteiger charge is -2.45. The molecule has 0 aromatic rings. The van der Waals surface area contributed by atoms with Gasteiger partial charge in [-0.25, -0.2) is 9.69 Å². The van der Waals surface area contributed by atoms with Crippen molar-refractivity contribution in [1.82, 2.24) is 25.0 Å². The third kappa shape index (κ3) is 2.97. The van der Waals surface area contributed by atoms with Crippen LogP contribution in [0.25, 0.3) is 0 Å². The van der Waals surface area contributed by atoms with Crippen molar-refractivity contribution >= 4 is 17.6 Å². The van der Waals surface area contributed by atoms with E-state index < -0.39 is 6.04 Å². The van der Waals surface area contributed by atoms with Crippen LogP contribution in [0.4, 0.5) is 4.79 Å². The summed E-state index contributed by atoms with van der Waals surface area (Å²) in [6, 6.07) is -0.638. The molecule has 3 amide bonds. The van der Waals surface area contributed by atoms with Crippen LogP contribution in [0.1, 0.15) is 34.1 Å². The van der Waals surface area contributed by atoms with Gasteiger partial charge in [0.25, 0.3) is 5.91 Å². The summed E-state index contributed by atoms with van der Waals surface area (Å²) in [5.41, 5.74) is 0.953. The number of imide groups is 1. The Morgan fingerprint density at radius 1 is 1.23 bits per heavy atom. The van der Waals surface area contributed by atoms with E-state index in [9.17, 15) is 9.59 Å². The van der Waals surface area contributed by atoms with Gasteiger partial charge >= 0.3 is 6.03 Å². The first-order valence-corrected chi connectivity index (χ1v) is 9.43. The molecule has 2 fully saturated rings. The number of amides is 3. The molecule has 3 aliphatic rings. The smallest absolute Gasteiger partial charge is 0.327 e. The molecule has 3 aliphatic heterocycles. The van der Waals surface area contributed by atoms with Crippen LogP contribution < -0.4 is 5.32 Å². The predicted octanol–water partition coefficient (Wildman–Crippen LogP) is 0.290. The Morgan fingerprint density at radius 3 is 2.62 bits per heavy atom. The third-order valence-electron chi connectivity index (χ3n) is 5.43. The quantitative estimate of drug-likeness (QED) is 0.681. The number of carbonyl (C=O) groups is 2. The molecular formula is C17H30N6O3.